The molecule has 1 saturated heterocycles. The second-order valence-electron chi connectivity index (χ2n) is 6.14. The second-order valence-corrected chi connectivity index (χ2v) is 7.41. The van der Waals surface area contributed by atoms with Crippen LogP contribution in [-0.4, -0.2) is 46.5 Å². The average molecular weight is 376 g/mol. The first-order valence-electron chi connectivity index (χ1n) is 8.20. The minimum absolute atomic E-state index is 0.0517. The van der Waals surface area contributed by atoms with Crippen LogP contribution in [0, 0.1) is 0 Å². The number of carbonyl (C=O) groups excluding carboxylic acids is 1. The number of carbonyl (C=O) groups is 1. The van der Waals surface area contributed by atoms with Gasteiger partial charge < -0.3 is 9.64 Å². The molecule has 0 N–H and O–H groups in total. The number of fused-ring (bicyclic) bond motifs is 1. The van der Waals surface area contributed by atoms with Crippen molar-refractivity contribution in [2.45, 2.75) is 18.9 Å². The zero-order valence-electron chi connectivity index (χ0n) is 13.8. The fraction of sp³-hybridized carbons (Fsp3) is 0.333. The van der Waals surface area contributed by atoms with Crippen molar-refractivity contribution in [2.75, 3.05) is 20.2 Å². The molecule has 0 aliphatic carbocycles. The summed E-state index contributed by atoms with van der Waals surface area (Å²) in [5.41, 5.74) is 2.43. The van der Waals surface area contributed by atoms with Gasteiger partial charge in [0.2, 0.25) is 0 Å². The van der Waals surface area contributed by atoms with Crippen LogP contribution >= 0.6 is 22.9 Å². The van der Waals surface area contributed by atoms with Crippen LogP contribution in [0.4, 0.5) is 0 Å². The number of amides is 1. The van der Waals surface area contributed by atoms with E-state index in [9.17, 15) is 4.79 Å². The van der Waals surface area contributed by atoms with Crippen LogP contribution in [-0.2, 0) is 4.74 Å². The minimum Gasteiger partial charge on any atom is -0.381 e. The molecule has 1 aliphatic heterocycles. The van der Waals surface area contributed by atoms with Gasteiger partial charge >= 0.3 is 0 Å². The van der Waals surface area contributed by atoms with Gasteiger partial charge in [-0.2, -0.15) is 0 Å². The zero-order valence-corrected chi connectivity index (χ0v) is 15.4. The summed E-state index contributed by atoms with van der Waals surface area (Å²) >= 11 is 7.55. The van der Waals surface area contributed by atoms with Crippen LogP contribution in [0.5, 0.6) is 0 Å². The predicted octanol–water partition coefficient (Wildman–Crippen LogP) is 3.97. The molecule has 5 nitrogen and oxygen atoms in total. The normalized spacial score (nSPS) is 15.8. The number of methoxy groups -OCH3 is 1. The summed E-state index contributed by atoms with van der Waals surface area (Å²) in [7, 11) is 1.73. The summed E-state index contributed by atoms with van der Waals surface area (Å²) in [6, 6.07) is 7.58. The van der Waals surface area contributed by atoms with Crippen molar-refractivity contribution in [1.82, 2.24) is 14.3 Å². The first-order valence-corrected chi connectivity index (χ1v) is 9.46. The molecule has 2 aromatic heterocycles. The van der Waals surface area contributed by atoms with Gasteiger partial charge in [-0.1, -0.05) is 23.7 Å². The molecule has 3 heterocycles. The number of ether oxygens (including phenoxy) is 1. The summed E-state index contributed by atoms with van der Waals surface area (Å²) in [6.45, 7) is 1.45. The van der Waals surface area contributed by atoms with Crippen LogP contribution in [0.1, 0.15) is 23.3 Å². The fourth-order valence-corrected chi connectivity index (χ4v) is 4.22. The van der Waals surface area contributed by atoms with Crippen molar-refractivity contribution < 1.29 is 9.53 Å². The molecule has 7 heteroatoms. The zero-order chi connectivity index (χ0) is 17.4. The van der Waals surface area contributed by atoms with Crippen LogP contribution in [0.2, 0.25) is 5.02 Å². The molecule has 1 aromatic carbocycles. The third-order valence-corrected chi connectivity index (χ3v) is 5.69. The van der Waals surface area contributed by atoms with Gasteiger partial charge in [-0.05, 0) is 25.0 Å². The van der Waals surface area contributed by atoms with Gasteiger partial charge in [0.05, 0.1) is 11.8 Å². The molecule has 0 saturated carbocycles. The van der Waals surface area contributed by atoms with Crippen molar-refractivity contribution in [3.05, 3.63) is 46.6 Å². The van der Waals surface area contributed by atoms with E-state index in [2.05, 4.69) is 4.98 Å². The van der Waals surface area contributed by atoms with Crippen molar-refractivity contribution in [1.29, 1.82) is 0 Å². The van der Waals surface area contributed by atoms with Crippen molar-refractivity contribution in [2.24, 2.45) is 0 Å². The van der Waals surface area contributed by atoms with Crippen LogP contribution in [0.25, 0.3) is 16.2 Å². The number of nitrogens with zero attached hydrogens (tertiary/aromatic N) is 3. The molecule has 0 bridgehead atoms. The highest BCUT2D eigenvalue weighted by molar-refractivity contribution is 7.15. The number of aromatic nitrogens is 2. The van der Waals surface area contributed by atoms with Gasteiger partial charge in [0, 0.05) is 42.4 Å². The van der Waals surface area contributed by atoms with E-state index in [1.54, 1.807) is 7.11 Å². The molecule has 130 valence electrons. The predicted molar refractivity (Wildman–Crippen MR) is 99.4 cm³/mol. The van der Waals surface area contributed by atoms with E-state index in [1.165, 1.54) is 11.3 Å². The van der Waals surface area contributed by atoms with Gasteiger partial charge in [-0.3, -0.25) is 9.20 Å². The fourth-order valence-electron chi connectivity index (χ4n) is 3.18. The van der Waals surface area contributed by atoms with E-state index in [0.29, 0.717) is 10.7 Å². The Hall–Kier alpha value is -1.89. The summed E-state index contributed by atoms with van der Waals surface area (Å²) < 4.78 is 7.26. The lowest BCUT2D eigenvalue weighted by Crippen LogP contribution is -2.41. The number of benzene rings is 1. The summed E-state index contributed by atoms with van der Waals surface area (Å²) in [5, 5.41) is 2.56. The maximum absolute atomic E-state index is 12.9. The molecule has 0 radical (unpaired) electrons. The van der Waals surface area contributed by atoms with Gasteiger partial charge in [0.15, 0.2) is 4.96 Å². The average Bonchev–Trinajstić information content (AvgIpc) is 3.22. The highest BCUT2D eigenvalue weighted by Gasteiger charge is 2.25. The van der Waals surface area contributed by atoms with Crippen LogP contribution in [0.15, 0.2) is 35.8 Å². The van der Waals surface area contributed by atoms with Gasteiger partial charge in [0.25, 0.3) is 5.91 Å². The Balaban J connectivity index is 1.61. The number of likely N-dealkylation sites (tertiary alicyclic amines) is 1. The third-order valence-electron chi connectivity index (χ3n) is 4.61. The number of halogens is 1. The van der Waals surface area contributed by atoms with E-state index in [1.807, 2.05) is 45.1 Å². The Kier molecular flexibility index (Phi) is 4.50. The number of hydrogen-bond acceptors (Lipinski definition) is 4. The standard InChI is InChI=1S/C18H18ClN3O2S/c1-24-14-5-7-21(8-6-14)17(23)16-11-25-18-20-15(10-22(16)18)12-3-2-4-13(19)9-12/h2-4,9-11,14H,5-8H2,1H3. The Morgan fingerprint density at radius 3 is 2.88 bits per heavy atom. The Labute approximate surface area is 154 Å². The van der Waals surface area contributed by atoms with Gasteiger partial charge in [0.1, 0.15) is 5.69 Å². The van der Waals surface area contributed by atoms with Crippen LogP contribution in [0.3, 0.4) is 0 Å². The lowest BCUT2D eigenvalue weighted by molar-refractivity contribution is 0.0347. The maximum Gasteiger partial charge on any atom is 0.271 e. The second kappa shape index (κ2) is 6.78. The smallest absolute Gasteiger partial charge is 0.271 e. The quantitative estimate of drug-likeness (QED) is 0.696. The van der Waals surface area contributed by atoms with Crippen LogP contribution < -0.4 is 0 Å². The monoisotopic (exact) mass is 375 g/mol. The van der Waals surface area contributed by atoms with E-state index >= 15 is 0 Å². The number of hydrogen-bond donors (Lipinski definition) is 0. The van der Waals surface area contributed by atoms with E-state index < -0.39 is 0 Å². The molecule has 0 unspecified atom stereocenters. The number of thiazole rings is 1. The van der Waals surface area contributed by atoms with Gasteiger partial charge in [-0.25, -0.2) is 4.98 Å². The maximum atomic E-state index is 12.9. The summed E-state index contributed by atoms with van der Waals surface area (Å²) in [6.07, 6.45) is 3.93. The van der Waals surface area contributed by atoms with Crippen molar-refractivity contribution in [3.63, 3.8) is 0 Å². The first-order chi connectivity index (χ1) is 12.2. The number of rotatable bonds is 3. The molecular weight excluding hydrogens is 358 g/mol. The SMILES string of the molecule is COC1CCN(C(=O)c2csc3nc(-c4cccc(Cl)c4)cn23)CC1. The Morgan fingerprint density at radius 1 is 1.36 bits per heavy atom. The van der Waals surface area contributed by atoms with Crippen molar-refractivity contribution >= 4 is 33.8 Å². The van der Waals surface area contributed by atoms with E-state index in [0.717, 1.165) is 42.1 Å². The van der Waals surface area contributed by atoms with Crippen molar-refractivity contribution in [3.8, 4) is 11.3 Å². The molecule has 3 aromatic rings. The highest BCUT2D eigenvalue weighted by Crippen LogP contribution is 2.26. The minimum atomic E-state index is 0.0517. The third kappa shape index (κ3) is 3.17. The highest BCUT2D eigenvalue weighted by atomic mass is 35.5. The molecule has 1 aliphatic rings. The Morgan fingerprint density at radius 2 is 2.16 bits per heavy atom. The summed E-state index contributed by atoms with van der Waals surface area (Å²) in [5.74, 6) is 0.0517. The lowest BCUT2D eigenvalue weighted by Gasteiger charge is -2.31. The first kappa shape index (κ1) is 16.6. The summed E-state index contributed by atoms with van der Waals surface area (Å²) in [4.78, 5) is 20.2. The molecular formula is C18H18ClN3O2S. The molecule has 0 atom stereocenters. The van der Waals surface area contributed by atoms with E-state index in [4.69, 9.17) is 16.3 Å². The molecule has 1 fully saturated rings. The lowest BCUT2D eigenvalue weighted by atomic mass is 10.1. The largest absolute Gasteiger partial charge is 0.381 e. The number of imidazole rings is 1. The van der Waals surface area contributed by atoms with E-state index in [-0.39, 0.29) is 12.0 Å². The van der Waals surface area contributed by atoms with Gasteiger partial charge in [-0.15, -0.1) is 11.3 Å². The number of piperidine rings is 1. The Bertz CT molecular complexity index is 912. The molecule has 0 spiro atoms. The topological polar surface area (TPSA) is 46.8 Å². The molecule has 1 amide bonds. The molecule has 25 heavy (non-hydrogen) atoms. The molecule has 4 rings (SSSR count).